The number of aromatic amines is 1. The molecule has 0 aliphatic heterocycles. The molecule has 0 spiro atoms. The van der Waals surface area contributed by atoms with E-state index in [2.05, 4.69) is 19.9 Å². The summed E-state index contributed by atoms with van der Waals surface area (Å²) in [6, 6.07) is 5.89. The molecule has 140 valence electrons. The molecule has 4 aromatic heterocycles. The Morgan fingerprint density at radius 2 is 2.07 bits per heavy atom. The van der Waals surface area contributed by atoms with Crippen molar-refractivity contribution >= 4 is 39.4 Å². The average molecular weight is 394 g/mol. The summed E-state index contributed by atoms with van der Waals surface area (Å²) >= 11 is 6.71. The number of anilines is 1. The van der Waals surface area contributed by atoms with Crippen molar-refractivity contribution in [3.8, 4) is 22.8 Å². The molecule has 8 nitrogen and oxygen atoms in total. The van der Waals surface area contributed by atoms with Crippen LogP contribution in [-0.2, 0) is 0 Å². The number of fused-ring (bicyclic) bond motifs is 2. The maximum Gasteiger partial charge on any atom is 0.225 e. The van der Waals surface area contributed by atoms with Crippen LogP contribution >= 0.6 is 11.6 Å². The van der Waals surface area contributed by atoms with Gasteiger partial charge >= 0.3 is 0 Å². The molecule has 1 aromatic carbocycles. The van der Waals surface area contributed by atoms with Gasteiger partial charge in [-0.05, 0) is 26.0 Å². The van der Waals surface area contributed by atoms with Gasteiger partial charge in [0.05, 0.1) is 22.3 Å². The van der Waals surface area contributed by atoms with E-state index in [4.69, 9.17) is 26.9 Å². The maximum absolute atomic E-state index is 6.71. The predicted octanol–water partition coefficient (Wildman–Crippen LogP) is 4.45. The van der Waals surface area contributed by atoms with E-state index < -0.39 is 0 Å². The van der Waals surface area contributed by atoms with Crippen molar-refractivity contribution in [1.82, 2.24) is 29.7 Å². The van der Waals surface area contributed by atoms with Crippen molar-refractivity contribution in [2.24, 2.45) is 0 Å². The first-order valence-corrected chi connectivity index (χ1v) is 9.12. The number of nitrogens with one attached hydrogen (secondary N) is 1. The Balaban J connectivity index is 1.77. The maximum atomic E-state index is 6.71. The van der Waals surface area contributed by atoms with Gasteiger partial charge in [0.2, 0.25) is 5.89 Å². The molecule has 0 bridgehead atoms. The highest BCUT2D eigenvalue weighted by Gasteiger charge is 2.23. The largest absolute Gasteiger partial charge is 0.445 e. The molecular formula is C19H16ClN7O. The number of oxazole rings is 1. The number of hydrogen-bond donors (Lipinski definition) is 2. The fourth-order valence-electron chi connectivity index (χ4n) is 3.36. The highest BCUT2D eigenvalue weighted by molar-refractivity contribution is 6.38. The van der Waals surface area contributed by atoms with Crippen LogP contribution in [0.1, 0.15) is 19.9 Å². The SMILES string of the molecule is CC(C)n1nc(-c2[nH]c3cc(-c4ncco4)ccc3c2Cl)c2c(N)ncnc21. The molecule has 4 heterocycles. The average Bonchev–Trinajstić information content (AvgIpc) is 3.39. The lowest BCUT2D eigenvalue weighted by Gasteiger charge is -2.05. The Labute approximate surface area is 164 Å². The molecule has 0 radical (unpaired) electrons. The van der Waals surface area contributed by atoms with Gasteiger partial charge in [-0.15, -0.1) is 0 Å². The molecule has 5 aromatic rings. The van der Waals surface area contributed by atoms with Crippen molar-refractivity contribution in [2.75, 3.05) is 5.73 Å². The number of aromatic nitrogens is 6. The lowest BCUT2D eigenvalue weighted by molar-refractivity contribution is 0.547. The summed E-state index contributed by atoms with van der Waals surface area (Å²) in [5, 5.41) is 6.85. The Morgan fingerprint density at radius 1 is 1.21 bits per heavy atom. The molecule has 0 aliphatic rings. The first-order valence-electron chi connectivity index (χ1n) is 8.74. The number of nitrogens with zero attached hydrogens (tertiary/aromatic N) is 5. The van der Waals surface area contributed by atoms with Crippen LogP contribution < -0.4 is 5.73 Å². The quantitative estimate of drug-likeness (QED) is 0.468. The van der Waals surface area contributed by atoms with Crippen LogP contribution in [-0.4, -0.2) is 29.7 Å². The van der Waals surface area contributed by atoms with E-state index in [-0.39, 0.29) is 6.04 Å². The molecule has 0 unspecified atom stereocenters. The molecule has 28 heavy (non-hydrogen) atoms. The van der Waals surface area contributed by atoms with E-state index in [0.29, 0.717) is 39.2 Å². The topological polar surface area (TPSA) is 111 Å². The van der Waals surface area contributed by atoms with Crippen LogP contribution in [0, 0.1) is 0 Å². The second kappa shape index (κ2) is 6.07. The molecule has 0 saturated heterocycles. The number of nitrogen functional groups attached to an aromatic ring is 1. The summed E-state index contributed by atoms with van der Waals surface area (Å²) in [4.78, 5) is 16.1. The Hall–Kier alpha value is -3.39. The van der Waals surface area contributed by atoms with Crippen LogP contribution in [0.4, 0.5) is 5.82 Å². The minimum Gasteiger partial charge on any atom is -0.445 e. The second-order valence-corrected chi connectivity index (χ2v) is 7.13. The van der Waals surface area contributed by atoms with Crippen LogP contribution in [0.15, 0.2) is 41.4 Å². The van der Waals surface area contributed by atoms with Crippen molar-refractivity contribution in [3.05, 3.63) is 42.0 Å². The van der Waals surface area contributed by atoms with E-state index in [9.17, 15) is 0 Å². The molecule has 0 aliphatic carbocycles. The van der Waals surface area contributed by atoms with E-state index >= 15 is 0 Å². The van der Waals surface area contributed by atoms with Gasteiger partial charge < -0.3 is 15.1 Å². The molecule has 0 saturated carbocycles. The number of halogens is 1. The predicted molar refractivity (Wildman–Crippen MR) is 108 cm³/mol. The monoisotopic (exact) mass is 393 g/mol. The van der Waals surface area contributed by atoms with Crippen LogP contribution in [0.2, 0.25) is 5.02 Å². The standard InChI is InChI=1S/C19H16ClN7O/c1-9(2)27-18-13(17(21)23-8-24-18)15(26-27)16-14(20)11-4-3-10(7-12(11)25-16)19-22-5-6-28-19/h3-9,25H,1-2H3,(H2,21,23,24). The summed E-state index contributed by atoms with van der Waals surface area (Å²) in [6.07, 6.45) is 4.59. The Morgan fingerprint density at radius 3 is 2.82 bits per heavy atom. The molecular weight excluding hydrogens is 378 g/mol. The van der Waals surface area contributed by atoms with Crippen LogP contribution in [0.5, 0.6) is 0 Å². The molecule has 5 rings (SSSR count). The molecule has 3 N–H and O–H groups in total. The van der Waals surface area contributed by atoms with E-state index in [0.717, 1.165) is 16.5 Å². The number of rotatable bonds is 3. The first kappa shape index (κ1) is 16.8. The van der Waals surface area contributed by atoms with Crippen molar-refractivity contribution in [1.29, 1.82) is 0 Å². The summed E-state index contributed by atoms with van der Waals surface area (Å²) < 4.78 is 7.21. The van der Waals surface area contributed by atoms with E-state index in [1.165, 1.54) is 6.33 Å². The fraction of sp³-hybridized carbons (Fsp3) is 0.158. The summed E-state index contributed by atoms with van der Waals surface area (Å²) in [7, 11) is 0. The summed E-state index contributed by atoms with van der Waals surface area (Å²) in [5.74, 6) is 0.906. The molecule has 0 fully saturated rings. The van der Waals surface area contributed by atoms with Crippen LogP contribution in [0.3, 0.4) is 0 Å². The third-order valence-corrected chi connectivity index (χ3v) is 5.05. The zero-order valence-electron chi connectivity index (χ0n) is 15.1. The Kier molecular flexibility index (Phi) is 3.63. The summed E-state index contributed by atoms with van der Waals surface area (Å²) in [5.41, 5.74) is 9.83. The molecule has 9 heteroatoms. The number of hydrogen-bond acceptors (Lipinski definition) is 6. The Bertz CT molecular complexity index is 1320. The number of H-pyrrole nitrogens is 1. The van der Waals surface area contributed by atoms with Gasteiger partial charge in [0.1, 0.15) is 24.1 Å². The lowest BCUT2D eigenvalue weighted by atomic mass is 10.1. The summed E-state index contributed by atoms with van der Waals surface area (Å²) in [6.45, 7) is 4.06. The molecule has 0 atom stereocenters. The minimum atomic E-state index is 0.102. The number of nitrogens with two attached hydrogens (primary N) is 1. The highest BCUT2D eigenvalue weighted by atomic mass is 35.5. The second-order valence-electron chi connectivity index (χ2n) is 6.76. The zero-order chi connectivity index (χ0) is 19.4. The highest BCUT2D eigenvalue weighted by Crippen LogP contribution is 2.39. The van der Waals surface area contributed by atoms with Gasteiger partial charge in [-0.2, -0.15) is 5.10 Å². The van der Waals surface area contributed by atoms with Gasteiger partial charge in [-0.3, -0.25) is 0 Å². The zero-order valence-corrected chi connectivity index (χ0v) is 15.9. The molecule has 0 amide bonds. The smallest absolute Gasteiger partial charge is 0.225 e. The van der Waals surface area contributed by atoms with Crippen molar-refractivity contribution in [2.45, 2.75) is 19.9 Å². The third kappa shape index (κ3) is 2.38. The van der Waals surface area contributed by atoms with Gasteiger partial charge in [-0.1, -0.05) is 17.7 Å². The number of benzene rings is 1. The van der Waals surface area contributed by atoms with Crippen molar-refractivity contribution < 1.29 is 4.42 Å². The fourth-order valence-corrected chi connectivity index (χ4v) is 3.66. The third-order valence-electron chi connectivity index (χ3n) is 4.66. The van der Waals surface area contributed by atoms with E-state index in [1.54, 1.807) is 12.5 Å². The van der Waals surface area contributed by atoms with Gasteiger partial charge in [0, 0.05) is 22.5 Å². The van der Waals surface area contributed by atoms with Crippen molar-refractivity contribution in [3.63, 3.8) is 0 Å². The van der Waals surface area contributed by atoms with Gasteiger partial charge in [-0.25, -0.2) is 19.6 Å². The van der Waals surface area contributed by atoms with Crippen LogP contribution in [0.25, 0.3) is 44.8 Å². The first-order chi connectivity index (χ1) is 13.5. The van der Waals surface area contributed by atoms with Gasteiger partial charge in [0.15, 0.2) is 5.65 Å². The van der Waals surface area contributed by atoms with Gasteiger partial charge in [0.25, 0.3) is 0 Å². The minimum absolute atomic E-state index is 0.102. The van der Waals surface area contributed by atoms with E-state index in [1.807, 2.05) is 36.7 Å². The lowest BCUT2D eigenvalue weighted by Crippen LogP contribution is -2.04. The normalized spacial score (nSPS) is 11.9.